The number of hydrogen-bond donors (Lipinski definition) is 0. The Morgan fingerprint density at radius 3 is 1.75 bits per heavy atom. The fourth-order valence-corrected chi connectivity index (χ4v) is 2.04. The van der Waals surface area contributed by atoms with Crippen LogP contribution in [0.4, 0.5) is 0 Å². The average Bonchev–Trinajstić information content (AvgIpc) is 1.21. The van der Waals surface area contributed by atoms with Crippen molar-refractivity contribution in [2.45, 2.75) is 0 Å². The molecule has 3 heteroatoms. The van der Waals surface area contributed by atoms with Crippen LogP contribution >= 0.6 is 7.14 Å². The van der Waals surface area contributed by atoms with E-state index >= 15 is 0 Å². The minimum absolute atomic E-state index is 0.715. The van der Waals surface area contributed by atoms with E-state index in [1.165, 1.54) is 0 Å². The lowest BCUT2D eigenvalue weighted by molar-refractivity contribution is 0.464. The fourth-order valence-electron chi connectivity index (χ4n) is 0.681. The van der Waals surface area contributed by atoms with Crippen molar-refractivity contribution in [1.82, 2.24) is 4.90 Å². The van der Waals surface area contributed by atoms with E-state index in [0.29, 0.717) is 6.29 Å². The Morgan fingerprint density at radius 1 is 1.38 bits per heavy atom. The van der Waals surface area contributed by atoms with Gasteiger partial charge in [-0.05, 0) is 27.4 Å². The molecule has 0 aliphatic carbocycles. The van der Waals surface area contributed by atoms with Gasteiger partial charge in [-0.3, -0.25) is 0 Å². The predicted octanol–water partition coefficient (Wildman–Crippen LogP) is 1.13. The first-order valence-corrected chi connectivity index (χ1v) is 5.39. The molecule has 0 aromatic rings. The van der Waals surface area contributed by atoms with Crippen LogP contribution < -0.4 is 0 Å². The number of nitrogens with zero attached hydrogens (tertiary/aromatic N) is 1. The molecule has 0 saturated heterocycles. The van der Waals surface area contributed by atoms with Crippen molar-refractivity contribution in [3.63, 3.8) is 0 Å². The molecule has 0 N–H and O–H groups in total. The predicted molar refractivity (Wildman–Crippen MR) is 38.0 cm³/mol. The van der Waals surface area contributed by atoms with Crippen LogP contribution in [0.1, 0.15) is 0 Å². The summed E-state index contributed by atoms with van der Waals surface area (Å²) in [5.41, 5.74) is 0. The summed E-state index contributed by atoms with van der Waals surface area (Å²) >= 11 is 0. The summed E-state index contributed by atoms with van der Waals surface area (Å²) in [6.07, 6.45) is 0.715. The van der Waals surface area contributed by atoms with Gasteiger partial charge >= 0.3 is 0 Å². The maximum Gasteiger partial charge on any atom is 0.0951 e. The van der Waals surface area contributed by atoms with Crippen LogP contribution in [-0.2, 0) is 4.57 Å². The quantitative estimate of drug-likeness (QED) is 0.529. The highest BCUT2D eigenvalue weighted by Crippen LogP contribution is 2.35. The molecule has 0 radical (unpaired) electrons. The molecule has 0 unspecified atom stereocenters. The molecule has 0 amide bonds. The Kier molecular flexibility index (Phi) is 2.72. The van der Waals surface area contributed by atoms with Crippen molar-refractivity contribution >= 4 is 7.14 Å². The summed E-state index contributed by atoms with van der Waals surface area (Å²) in [5, 5.41) is 0. The van der Waals surface area contributed by atoms with Crippen molar-refractivity contribution in [1.29, 1.82) is 0 Å². The second kappa shape index (κ2) is 2.65. The first-order valence-electron chi connectivity index (χ1n) is 2.60. The van der Waals surface area contributed by atoms with Crippen molar-refractivity contribution in [3.8, 4) is 0 Å². The average molecular weight is 135 g/mol. The third kappa shape index (κ3) is 6.19. The molecule has 8 heavy (non-hydrogen) atoms. The normalized spacial score (nSPS) is 12.6. The van der Waals surface area contributed by atoms with E-state index < -0.39 is 7.14 Å². The van der Waals surface area contributed by atoms with Crippen molar-refractivity contribution in [3.05, 3.63) is 0 Å². The van der Waals surface area contributed by atoms with Gasteiger partial charge in [-0.1, -0.05) is 0 Å². The Bertz CT molecular complexity index is 105. The van der Waals surface area contributed by atoms with E-state index in [0.717, 1.165) is 0 Å². The van der Waals surface area contributed by atoms with Crippen LogP contribution in [0.5, 0.6) is 0 Å². The maximum atomic E-state index is 11.0. The van der Waals surface area contributed by atoms with Gasteiger partial charge in [-0.25, -0.2) is 0 Å². The van der Waals surface area contributed by atoms with Crippen LogP contribution in [-0.4, -0.2) is 38.6 Å². The SMILES string of the molecule is CN(C)CP(C)(C)=O. The molecule has 0 spiro atoms. The van der Waals surface area contributed by atoms with Gasteiger partial charge in [-0.15, -0.1) is 0 Å². The summed E-state index contributed by atoms with van der Waals surface area (Å²) in [6, 6.07) is 0. The van der Waals surface area contributed by atoms with Gasteiger partial charge in [0.1, 0.15) is 0 Å². The monoisotopic (exact) mass is 135 g/mol. The van der Waals surface area contributed by atoms with E-state index in [2.05, 4.69) is 0 Å². The minimum atomic E-state index is -1.80. The van der Waals surface area contributed by atoms with E-state index in [1.54, 1.807) is 13.3 Å². The second-order valence-corrected chi connectivity index (χ2v) is 6.23. The Hall–Kier alpha value is 0.190. The lowest BCUT2D eigenvalue weighted by Crippen LogP contribution is -2.12. The molecular formula is C5H14NOP. The third-order valence-electron chi connectivity index (χ3n) is 0.623. The summed E-state index contributed by atoms with van der Waals surface area (Å²) in [7, 11) is 2.06. The number of rotatable bonds is 2. The van der Waals surface area contributed by atoms with Crippen LogP contribution in [0.15, 0.2) is 0 Å². The van der Waals surface area contributed by atoms with Gasteiger partial charge in [0, 0.05) is 0 Å². The topological polar surface area (TPSA) is 20.3 Å². The molecule has 0 aromatic heterocycles. The molecule has 2 nitrogen and oxygen atoms in total. The smallest absolute Gasteiger partial charge is 0.0951 e. The molecule has 0 fully saturated rings. The summed E-state index contributed by atoms with van der Waals surface area (Å²) in [6.45, 7) is 3.60. The van der Waals surface area contributed by atoms with Gasteiger partial charge in [0.15, 0.2) is 0 Å². The minimum Gasteiger partial charge on any atom is -0.323 e. The van der Waals surface area contributed by atoms with Crippen LogP contribution in [0.25, 0.3) is 0 Å². The maximum absolute atomic E-state index is 11.0. The third-order valence-corrected chi connectivity index (χ3v) is 1.87. The molecule has 50 valence electrons. The number of hydrogen-bond acceptors (Lipinski definition) is 2. The summed E-state index contributed by atoms with van der Waals surface area (Å²) in [5.74, 6) is 0. The molecule has 0 atom stereocenters. The molecule has 0 rings (SSSR count). The highest BCUT2D eigenvalue weighted by molar-refractivity contribution is 7.62. The molecular weight excluding hydrogens is 121 g/mol. The lowest BCUT2D eigenvalue weighted by atomic mass is 11.0. The Morgan fingerprint density at radius 2 is 1.75 bits per heavy atom. The fraction of sp³-hybridized carbons (Fsp3) is 1.00. The molecule has 0 saturated carbocycles. The standard InChI is InChI=1S/C5H14NOP/c1-6(2)5-8(3,4)7/h5H2,1-4H3. The van der Waals surface area contributed by atoms with Gasteiger partial charge in [-0.2, -0.15) is 0 Å². The zero-order chi connectivity index (χ0) is 6.78. The molecule has 0 aliphatic rings. The van der Waals surface area contributed by atoms with Crippen molar-refractivity contribution < 1.29 is 4.57 Å². The zero-order valence-electron chi connectivity index (χ0n) is 6.01. The van der Waals surface area contributed by atoms with Crippen molar-refractivity contribution in [2.24, 2.45) is 0 Å². The van der Waals surface area contributed by atoms with Gasteiger partial charge in [0.05, 0.1) is 13.4 Å². The molecule has 0 bridgehead atoms. The molecule has 0 aliphatic heterocycles. The van der Waals surface area contributed by atoms with Crippen LogP contribution in [0.2, 0.25) is 0 Å². The van der Waals surface area contributed by atoms with E-state index in [4.69, 9.17) is 0 Å². The first kappa shape index (κ1) is 8.19. The Balaban J connectivity index is 3.56. The summed E-state index contributed by atoms with van der Waals surface area (Å²) in [4.78, 5) is 1.95. The molecule has 0 heterocycles. The van der Waals surface area contributed by atoms with Gasteiger partial charge < -0.3 is 9.46 Å². The van der Waals surface area contributed by atoms with E-state index in [1.807, 2.05) is 19.0 Å². The van der Waals surface area contributed by atoms with Gasteiger partial charge in [0.25, 0.3) is 0 Å². The Labute approximate surface area is 51.2 Å². The molecule has 0 aromatic carbocycles. The summed E-state index contributed by atoms with van der Waals surface area (Å²) < 4.78 is 11.0. The van der Waals surface area contributed by atoms with Crippen LogP contribution in [0.3, 0.4) is 0 Å². The highest BCUT2D eigenvalue weighted by Gasteiger charge is 2.06. The van der Waals surface area contributed by atoms with Crippen LogP contribution in [0, 0.1) is 0 Å². The lowest BCUT2D eigenvalue weighted by Gasteiger charge is -2.12. The first-order chi connectivity index (χ1) is 3.42. The largest absolute Gasteiger partial charge is 0.323 e. The highest BCUT2D eigenvalue weighted by atomic mass is 31.2. The van der Waals surface area contributed by atoms with E-state index in [9.17, 15) is 4.57 Å². The zero-order valence-corrected chi connectivity index (χ0v) is 6.90. The van der Waals surface area contributed by atoms with Crippen molar-refractivity contribution in [2.75, 3.05) is 33.7 Å². The van der Waals surface area contributed by atoms with Gasteiger partial charge in [0.2, 0.25) is 0 Å². The second-order valence-electron chi connectivity index (χ2n) is 2.80. The van der Waals surface area contributed by atoms with E-state index in [-0.39, 0.29) is 0 Å².